The molecule has 0 atom stereocenters. The van der Waals surface area contributed by atoms with Gasteiger partial charge in [-0.1, -0.05) is 37.0 Å². The fourth-order valence-corrected chi connectivity index (χ4v) is 3.03. The number of aromatic nitrogens is 1. The van der Waals surface area contributed by atoms with Crippen molar-refractivity contribution in [1.29, 1.82) is 0 Å². The highest BCUT2D eigenvalue weighted by atomic mass is 16.1. The van der Waals surface area contributed by atoms with Gasteiger partial charge in [0.25, 0.3) is 5.56 Å². The molecule has 1 saturated carbocycles. The first-order chi connectivity index (χ1) is 8.75. The van der Waals surface area contributed by atoms with Gasteiger partial charge in [-0.25, -0.2) is 0 Å². The van der Waals surface area contributed by atoms with E-state index in [1.807, 2.05) is 22.9 Å². The first-order valence-corrected chi connectivity index (χ1v) is 6.87. The zero-order valence-electron chi connectivity index (χ0n) is 10.9. The maximum atomic E-state index is 12.5. The molecule has 2 nitrogen and oxygen atoms in total. The molecule has 1 aromatic heterocycles. The van der Waals surface area contributed by atoms with Gasteiger partial charge in [0.1, 0.15) is 0 Å². The van der Waals surface area contributed by atoms with Gasteiger partial charge in [-0.3, -0.25) is 4.79 Å². The maximum Gasteiger partial charge on any atom is 0.258 e. The van der Waals surface area contributed by atoms with Crippen LogP contribution in [0.15, 0.2) is 35.3 Å². The van der Waals surface area contributed by atoms with Gasteiger partial charge in [-0.15, -0.1) is 0 Å². The molecule has 1 aromatic carbocycles. The third kappa shape index (κ3) is 1.96. The molecule has 0 spiro atoms. The highest BCUT2D eigenvalue weighted by Crippen LogP contribution is 2.27. The van der Waals surface area contributed by atoms with Crippen LogP contribution in [0.3, 0.4) is 0 Å². The van der Waals surface area contributed by atoms with Crippen LogP contribution in [0.25, 0.3) is 10.8 Å². The molecule has 0 N–H and O–H groups in total. The largest absolute Gasteiger partial charge is 0.312 e. The minimum atomic E-state index is 0.180. The molecule has 0 bridgehead atoms. The van der Waals surface area contributed by atoms with Crippen LogP contribution in [-0.4, -0.2) is 4.57 Å². The average Bonchev–Trinajstić information content (AvgIpc) is 2.40. The summed E-state index contributed by atoms with van der Waals surface area (Å²) in [5.41, 5.74) is 1.39. The highest BCUT2D eigenvalue weighted by Gasteiger charge is 2.16. The molecule has 1 aliphatic carbocycles. The summed E-state index contributed by atoms with van der Waals surface area (Å²) in [4.78, 5) is 12.5. The van der Waals surface area contributed by atoms with Crippen LogP contribution in [-0.2, 0) is 0 Å². The van der Waals surface area contributed by atoms with E-state index < -0.39 is 0 Å². The quantitative estimate of drug-likeness (QED) is 0.744. The van der Waals surface area contributed by atoms with Gasteiger partial charge in [0, 0.05) is 17.6 Å². The molecular formula is C16H19NO. The topological polar surface area (TPSA) is 22.0 Å². The van der Waals surface area contributed by atoms with Gasteiger partial charge in [0.2, 0.25) is 0 Å². The van der Waals surface area contributed by atoms with Crippen LogP contribution in [0.5, 0.6) is 0 Å². The average molecular weight is 241 g/mol. The summed E-state index contributed by atoms with van der Waals surface area (Å²) in [6.07, 6.45) is 8.11. The summed E-state index contributed by atoms with van der Waals surface area (Å²) in [6.45, 7) is 2.06. The molecule has 94 valence electrons. The predicted octanol–water partition coefficient (Wildman–Crippen LogP) is 3.82. The third-order valence-corrected chi connectivity index (χ3v) is 4.05. The maximum absolute atomic E-state index is 12.5. The van der Waals surface area contributed by atoms with E-state index in [1.165, 1.54) is 24.8 Å². The van der Waals surface area contributed by atoms with Crippen LogP contribution < -0.4 is 5.56 Å². The van der Waals surface area contributed by atoms with Gasteiger partial charge in [-0.05, 0) is 37.3 Å². The van der Waals surface area contributed by atoms with Gasteiger partial charge >= 0.3 is 0 Å². The molecule has 3 rings (SSSR count). The summed E-state index contributed by atoms with van der Waals surface area (Å²) < 4.78 is 1.96. The predicted molar refractivity (Wildman–Crippen MR) is 75.1 cm³/mol. The molecule has 1 heterocycles. The van der Waals surface area contributed by atoms with Gasteiger partial charge in [0.05, 0.1) is 0 Å². The molecule has 0 radical (unpaired) electrons. The Morgan fingerprint density at radius 1 is 1.11 bits per heavy atom. The molecule has 1 aliphatic rings. The minimum absolute atomic E-state index is 0.180. The zero-order valence-corrected chi connectivity index (χ0v) is 10.9. The van der Waals surface area contributed by atoms with Gasteiger partial charge in [0.15, 0.2) is 0 Å². The Morgan fingerprint density at radius 3 is 2.67 bits per heavy atom. The number of fused-ring (bicyclic) bond motifs is 1. The third-order valence-electron chi connectivity index (χ3n) is 4.05. The van der Waals surface area contributed by atoms with Gasteiger partial charge in [-0.2, -0.15) is 0 Å². The molecular weight excluding hydrogens is 222 g/mol. The minimum Gasteiger partial charge on any atom is -0.312 e. The van der Waals surface area contributed by atoms with Crippen molar-refractivity contribution >= 4 is 10.8 Å². The van der Waals surface area contributed by atoms with Gasteiger partial charge < -0.3 is 4.57 Å². The second kappa shape index (κ2) is 4.60. The monoisotopic (exact) mass is 241 g/mol. The lowest BCUT2D eigenvalue weighted by molar-refractivity contribution is 0.347. The number of nitrogens with zero attached hydrogens (tertiary/aromatic N) is 1. The van der Waals surface area contributed by atoms with Crippen molar-refractivity contribution in [3.8, 4) is 0 Å². The van der Waals surface area contributed by atoms with E-state index >= 15 is 0 Å². The smallest absolute Gasteiger partial charge is 0.258 e. The second-order valence-electron chi connectivity index (χ2n) is 5.41. The zero-order chi connectivity index (χ0) is 12.5. The fourth-order valence-electron chi connectivity index (χ4n) is 3.03. The molecule has 0 unspecified atom stereocenters. The van der Waals surface area contributed by atoms with Crippen LogP contribution in [0.2, 0.25) is 0 Å². The molecule has 2 aromatic rings. The van der Waals surface area contributed by atoms with E-state index in [9.17, 15) is 4.79 Å². The molecule has 0 saturated heterocycles. The van der Waals surface area contributed by atoms with E-state index in [0.717, 1.165) is 23.6 Å². The number of hydrogen-bond acceptors (Lipinski definition) is 1. The van der Waals surface area contributed by atoms with Crippen molar-refractivity contribution in [1.82, 2.24) is 4.57 Å². The first-order valence-electron chi connectivity index (χ1n) is 6.87. The lowest BCUT2D eigenvalue weighted by atomic mass is 9.95. The number of aryl methyl sites for hydroxylation is 1. The Labute approximate surface area is 107 Å². The summed E-state index contributed by atoms with van der Waals surface area (Å²) in [6, 6.07) is 8.57. The normalized spacial score (nSPS) is 17.2. The van der Waals surface area contributed by atoms with E-state index in [-0.39, 0.29) is 5.56 Å². The van der Waals surface area contributed by atoms with Crippen molar-refractivity contribution in [3.05, 3.63) is 46.4 Å². The Kier molecular flexibility index (Phi) is 2.94. The molecule has 0 amide bonds. The van der Waals surface area contributed by atoms with Crippen molar-refractivity contribution in [2.45, 2.75) is 45.1 Å². The van der Waals surface area contributed by atoms with E-state index in [0.29, 0.717) is 6.04 Å². The SMILES string of the molecule is Cc1ccc2c(=O)n(C3CCCCC3)ccc2c1. The second-order valence-corrected chi connectivity index (χ2v) is 5.41. The lowest BCUT2D eigenvalue weighted by Crippen LogP contribution is -2.25. The number of pyridine rings is 1. The summed E-state index contributed by atoms with van der Waals surface area (Å²) in [5.74, 6) is 0. The van der Waals surface area contributed by atoms with Crippen LogP contribution in [0.1, 0.15) is 43.7 Å². The van der Waals surface area contributed by atoms with Crippen molar-refractivity contribution < 1.29 is 0 Å². The molecule has 1 fully saturated rings. The Morgan fingerprint density at radius 2 is 1.89 bits per heavy atom. The standard InChI is InChI=1S/C16H19NO/c1-12-7-8-15-13(11-12)9-10-17(16(15)18)14-5-3-2-4-6-14/h7-11,14H,2-6H2,1H3. The van der Waals surface area contributed by atoms with E-state index in [4.69, 9.17) is 0 Å². The molecule has 2 heteroatoms. The molecule has 18 heavy (non-hydrogen) atoms. The number of rotatable bonds is 1. The Balaban J connectivity index is 2.11. The van der Waals surface area contributed by atoms with Crippen molar-refractivity contribution in [2.24, 2.45) is 0 Å². The number of hydrogen-bond donors (Lipinski definition) is 0. The fraction of sp³-hybridized carbons (Fsp3) is 0.438. The van der Waals surface area contributed by atoms with Crippen LogP contribution in [0.4, 0.5) is 0 Å². The van der Waals surface area contributed by atoms with Crippen LogP contribution >= 0.6 is 0 Å². The van der Waals surface area contributed by atoms with E-state index in [1.54, 1.807) is 0 Å². The van der Waals surface area contributed by atoms with Crippen molar-refractivity contribution in [3.63, 3.8) is 0 Å². The highest BCUT2D eigenvalue weighted by molar-refractivity contribution is 5.82. The molecule has 0 aliphatic heterocycles. The van der Waals surface area contributed by atoms with Crippen LogP contribution in [0, 0.1) is 6.92 Å². The summed E-state index contributed by atoms with van der Waals surface area (Å²) >= 11 is 0. The number of benzene rings is 1. The Bertz CT molecular complexity index is 621. The summed E-state index contributed by atoms with van der Waals surface area (Å²) in [7, 11) is 0. The van der Waals surface area contributed by atoms with E-state index in [2.05, 4.69) is 19.1 Å². The summed E-state index contributed by atoms with van der Waals surface area (Å²) in [5, 5.41) is 1.92. The lowest BCUT2D eigenvalue weighted by Gasteiger charge is -2.24. The Hall–Kier alpha value is -1.57. The first kappa shape index (κ1) is 11.5. The van der Waals surface area contributed by atoms with Crippen molar-refractivity contribution in [2.75, 3.05) is 0 Å².